The summed E-state index contributed by atoms with van der Waals surface area (Å²) in [5.41, 5.74) is 0. The predicted molar refractivity (Wildman–Crippen MR) is 37.4 cm³/mol. The van der Waals surface area contributed by atoms with E-state index in [1.165, 1.54) is 0 Å². The lowest BCUT2D eigenvalue weighted by Crippen LogP contribution is -2.13. The van der Waals surface area contributed by atoms with Crippen LogP contribution in [0.1, 0.15) is 19.8 Å². The molecule has 1 nitrogen and oxygen atoms in total. The fraction of sp³-hybridized carbons (Fsp3) is 1.00. The number of rotatable bonds is 1. The zero-order chi connectivity index (χ0) is 5.98. The second kappa shape index (κ2) is 2.74. The summed E-state index contributed by atoms with van der Waals surface area (Å²) in [5, 5.41) is 0.500. The van der Waals surface area contributed by atoms with Crippen LogP contribution in [0.25, 0.3) is 0 Å². The molecule has 0 saturated carbocycles. The maximum Gasteiger partial charge on any atom is 0.0689 e. The monoisotopic (exact) mass is 132 g/mol. The molecule has 1 unspecified atom stereocenters. The molecule has 1 fully saturated rings. The van der Waals surface area contributed by atoms with Gasteiger partial charge in [0.1, 0.15) is 0 Å². The Kier molecular flexibility index (Phi) is 2.20. The smallest absolute Gasteiger partial charge is 0.0689 e. The molecular weight excluding hydrogens is 120 g/mol. The van der Waals surface area contributed by atoms with Crippen LogP contribution in [0, 0.1) is 0 Å². The predicted octanol–water partition coefficient (Wildman–Crippen LogP) is 1.48. The topological polar surface area (TPSA) is 9.23 Å². The Bertz CT molecular complexity index is 74.9. The van der Waals surface area contributed by atoms with E-state index in [1.54, 1.807) is 0 Å². The zero-order valence-corrected chi connectivity index (χ0v) is 6.03. The fourth-order valence-corrected chi connectivity index (χ4v) is 1.43. The van der Waals surface area contributed by atoms with Crippen LogP contribution in [0.3, 0.4) is 0 Å². The maximum absolute atomic E-state index is 5.34. The number of ether oxygens (including phenoxy) is 1. The Labute approximate surface area is 55.8 Å². The van der Waals surface area contributed by atoms with Gasteiger partial charge in [-0.15, -0.1) is 0 Å². The highest BCUT2D eigenvalue weighted by atomic mass is 32.1. The van der Waals surface area contributed by atoms with Crippen LogP contribution in [0.2, 0.25) is 0 Å². The molecule has 1 aliphatic rings. The van der Waals surface area contributed by atoms with Crippen LogP contribution in [0.5, 0.6) is 0 Å². The van der Waals surface area contributed by atoms with E-state index in [2.05, 4.69) is 19.6 Å². The van der Waals surface area contributed by atoms with E-state index < -0.39 is 0 Å². The van der Waals surface area contributed by atoms with Gasteiger partial charge in [0, 0.05) is 11.9 Å². The first-order valence-corrected chi connectivity index (χ1v) is 3.66. The van der Waals surface area contributed by atoms with Crippen molar-refractivity contribution in [2.24, 2.45) is 0 Å². The normalized spacial score (nSPS) is 38.2. The summed E-state index contributed by atoms with van der Waals surface area (Å²) >= 11 is 4.34. The van der Waals surface area contributed by atoms with E-state index >= 15 is 0 Å². The first-order chi connectivity index (χ1) is 3.84. The highest BCUT2D eigenvalue weighted by Crippen LogP contribution is 2.20. The van der Waals surface area contributed by atoms with Gasteiger partial charge in [-0.3, -0.25) is 0 Å². The minimum Gasteiger partial charge on any atom is -0.377 e. The van der Waals surface area contributed by atoms with Gasteiger partial charge in [-0.05, 0) is 12.8 Å². The van der Waals surface area contributed by atoms with Crippen molar-refractivity contribution in [2.75, 3.05) is 6.61 Å². The molecule has 0 aliphatic carbocycles. The Morgan fingerprint density at radius 1 is 1.75 bits per heavy atom. The highest BCUT2D eigenvalue weighted by molar-refractivity contribution is 7.81. The van der Waals surface area contributed by atoms with Crippen molar-refractivity contribution in [3.05, 3.63) is 0 Å². The summed E-state index contributed by atoms with van der Waals surface area (Å²) in [6.07, 6.45) is 2.66. The maximum atomic E-state index is 5.34. The standard InChI is InChI=1S/C6H12OS/c1-2-5-6(8)3-4-7-5/h5-6,8H,2-4H2,1H3/t5-,6?/m0/s1. The molecular formula is C6H12OS. The van der Waals surface area contributed by atoms with Gasteiger partial charge in [-0.2, -0.15) is 12.6 Å². The summed E-state index contributed by atoms with van der Waals surface area (Å²) in [6, 6.07) is 0. The molecule has 0 amide bonds. The van der Waals surface area contributed by atoms with Crippen molar-refractivity contribution in [3.63, 3.8) is 0 Å². The summed E-state index contributed by atoms with van der Waals surface area (Å²) < 4.78 is 5.34. The molecule has 1 rings (SSSR count). The van der Waals surface area contributed by atoms with Crippen molar-refractivity contribution >= 4 is 12.6 Å². The van der Waals surface area contributed by atoms with Gasteiger partial charge in [0.2, 0.25) is 0 Å². The molecule has 1 saturated heterocycles. The molecule has 48 valence electrons. The van der Waals surface area contributed by atoms with E-state index in [1.807, 2.05) is 0 Å². The van der Waals surface area contributed by atoms with Gasteiger partial charge in [0.05, 0.1) is 6.10 Å². The van der Waals surface area contributed by atoms with Gasteiger partial charge in [0.15, 0.2) is 0 Å². The first-order valence-electron chi connectivity index (χ1n) is 3.14. The van der Waals surface area contributed by atoms with Crippen molar-refractivity contribution in [1.29, 1.82) is 0 Å². The third-order valence-electron chi connectivity index (χ3n) is 1.58. The Morgan fingerprint density at radius 2 is 2.50 bits per heavy atom. The molecule has 0 N–H and O–H groups in total. The van der Waals surface area contributed by atoms with E-state index in [0.29, 0.717) is 11.4 Å². The minimum absolute atomic E-state index is 0.429. The van der Waals surface area contributed by atoms with Crippen molar-refractivity contribution in [1.82, 2.24) is 0 Å². The molecule has 0 bridgehead atoms. The lowest BCUT2D eigenvalue weighted by Gasteiger charge is -2.08. The van der Waals surface area contributed by atoms with Crippen LogP contribution >= 0.6 is 12.6 Å². The number of thiol groups is 1. The van der Waals surface area contributed by atoms with Gasteiger partial charge in [-0.25, -0.2) is 0 Å². The molecule has 0 aromatic carbocycles. The molecule has 2 heteroatoms. The van der Waals surface area contributed by atoms with Crippen molar-refractivity contribution in [3.8, 4) is 0 Å². The zero-order valence-electron chi connectivity index (χ0n) is 5.13. The van der Waals surface area contributed by atoms with Crippen LogP contribution in [0.15, 0.2) is 0 Å². The number of hydrogen-bond donors (Lipinski definition) is 1. The molecule has 8 heavy (non-hydrogen) atoms. The van der Waals surface area contributed by atoms with Crippen LogP contribution in [-0.2, 0) is 4.74 Å². The van der Waals surface area contributed by atoms with E-state index in [0.717, 1.165) is 19.4 Å². The lowest BCUT2D eigenvalue weighted by molar-refractivity contribution is 0.110. The average Bonchev–Trinajstić information content (AvgIpc) is 2.14. The Hall–Kier alpha value is 0.310. The van der Waals surface area contributed by atoms with E-state index in [9.17, 15) is 0 Å². The van der Waals surface area contributed by atoms with Crippen LogP contribution in [0.4, 0.5) is 0 Å². The fourth-order valence-electron chi connectivity index (χ4n) is 1.03. The molecule has 0 aromatic rings. The first kappa shape index (κ1) is 6.43. The second-order valence-electron chi connectivity index (χ2n) is 2.17. The molecule has 1 aliphatic heterocycles. The third-order valence-corrected chi connectivity index (χ3v) is 2.17. The van der Waals surface area contributed by atoms with Crippen LogP contribution in [-0.4, -0.2) is 18.0 Å². The lowest BCUT2D eigenvalue weighted by atomic mass is 10.2. The van der Waals surface area contributed by atoms with Gasteiger partial charge in [0.25, 0.3) is 0 Å². The van der Waals surface area contributed by atoms with E-state index in [4.69, 9.17) is 4.74 Å². The molecule has 2 atom stereocenters. The minimum atomic E-state index is 0.429. The summed E-state index contributed by atoms with van der Waals surface area (Å²) in [7, 11) is 0. The van der Waals surface area contributed by atoms with Crippen molar-refractivity contribution in [2.45, 2.75) is 31.1 Å². The largest absolute Gasteiger partial charge is 0.377 e. The SMILES string of the molecule is CC[C@@H]1OCCC1S. The third kappa shape index (κ3) is 1.17. The summed E-state index contributed by atoms with van der Waals surface area (Å²) in [5.74, 6) is 0. The summed E-state index contributed by atoms with van der Waals surface area (Å²) in [6.45, 7) is 3.05. The Balaban J connectivity index is 2.30. The molecule has 0 aromatic heterocycles. The second-order valence-corrected chi connectivity index (χ2v) is 2.84. The molecule has 0 radical (unpaired) electrons. The van der Waals surface area contributed by atoms with Crippen LogP contribution < -0.4 is 0 Å². The highest BCUT2D eigenvalue weighted by Gasteiger charge is 2.22. The molecule has 1 heterocycles. The number of hydrogen-bond acceptors (Lipinski definition) is 2. The molecule has 0 spiro atoms. The van der Waals surface area contributed by atoms with Crippen molar-refractivity contribution < 1.29 is 4.74 Å². The van der Waals surface area contributed by atoms with Gasteiger partial charge >= 0.3 is 0 Å². The van der Waals surface area contributed by atoms with Gasteiger partial charge in [-0.1, -0.05) is 6.92 Å². The quantitative estimate of drug-likeness (QED) is 0.532. The Morgan fingerprint density at radius 3 is 2.75 bits per heavy atom. The summed E-state index contributed by atoms with van der Waals surface area (Å²) in [4.78, 5) is 0. The van der Waals surface area contributed by atoms with E-state index in [-0.39, 0.29) is 0 Å². The van der Waals surface area contributed by atoms with Gasteiger partial charge < -0.3 is 4.74 Å². The average molecular weight is 132 g/mol.